The van der Waals surface area contributed by atoms with Gasteiger partial charge in [-0.1, -0.05) is 25.1 Å². The summed E-state index contributed by atoms with van der Waals surface area (Å²) in [6.45, 7) is 6.05. The maximum Gasteiger partial charge on any atom is 0.289 e. The van der Waals surface area contributed by atoms with E-state index in [4.69, 9.17) is 4.74 Å². The van der Waals surface area contributed by atoms with Crippen molar-refractivity contribution in [3.63, 3.8) is 0 Å². The lowest BCUT2D eigenvalue weighted by Crippen LogP contribution is -2.28. The molecule has 5 nitrogen and oxygen atoms in total. The highest BCUT2D eigenvalue weighted by Crippen LogP contribution is 2.27. The number of ether oxygens (including phenoxy) is 1. The zero-order valence-corrected chi connectivity index (χ0v) is 15.2. The van der Waals surface area contributed by atoms with Gasteiger partial charge in [0, 0.05) is 4.91 Å². The van der Waals surface area contributed by atoms with E-state index in [1.54, 1.807) is 6.92 Å². The van der Waals surface area contributed by atoms with Crippen LogP contribution in [0.2, 0.25) is 0 Å². The maximum atomic E-state index is 13.3. The molecular formula is C21H22N2O3. The normalized spacial score (nSPS) is 10.7. The Bertz CT molecular complexity index is 961. The molecule has 0 N–H and O–H groups in total. The molecule has 5 heteroatoms. The molecule has 1 aromatic heterocycles. The Hall–Kier alpha value is -3.08. The molecule has 134 valence electrons. The Kier molecular flexibility index (Phi) is 5.07. The van der Waals surface area contributed by atoms with Gasteiger partial charge in [0.25, 0.3) is 11.4 Å². The predicted octanol–water partition coefficient (Wildman–Crippen LogP) is 4.35. The summed E-state index contributed by atoms with van der Waals surface area (Å²) in [6.07, 6.45) is 0.473. The van der Waals surface area contributed by atoms with Crippen molar-refractivity contribution >= 4 is 0 Å². The van der Waals surface area contributed by atoms with Gasteiger partial charge in [-0.2, -0.15) is 0 Å². The summed E-state index contributed by atoms with van der Waals surface area (Å²) in [7, 11) is 0. The molecule has 0 radical (unpaired) electrons. The summed E-state index contributed by atoms with van der Waals surface area (Å²) in [5.74, 6) is 0.731. The molecule has 0 spiro atoms. The van der Waals surface area contributed by atoms with Crippen LogP contribution >= 0.6 is 0 Å². The average molecular weight is 350 g/mol. The smallest absolute Gasteiger partial charge is 0.289 e. The molecule has 0 bridgehead atoms. The summed E-state index contributed by atoms with van der Waals surface area (Å²) >= 11 is 0. The molecule has 0 saturated heterocycles. The van der Waals surface area contributed by atoms with Crippen LogP contribution in [-0.4, -0.2) is 11.3 Å². The number of hydrogen-bond donors (Lipinski definition) is 0. The zero-order valence-electron chi connectivity index (χ0n) is 15.2. The third-order valence-corrected chi connectivity index (χ3v) is 4.39. The average Bonchev–Trinajstić information content (AvgIpc) is 2.67. The lowest BCUT2D eigenvalue weighted by Gasteiger charge is -2.20. The zero-order chi connectivity index (χ0) is 18.7. The summed E-state index contributed by atoms with van der Waals surface area (Å²) in [5, 5.41) is 12.8. The molecule has 3 aromatic rings. The van der Waals surface area contributed by atoms with Crippen LogP contribution in [0.3, 0.4) is 0 Å². The van der Waals surface area contributed by atoms with Crippen molar-refractivity contribution in [1.29, 1.82) is 0 Å². The highest BCUT2D eigenvalue weighted by atomic mass is 16.5. The second-order valence-corrected chi connectivity index (χ2v) is 6.00. The number of rotatable bonds is 5. The van der Waals surface area contributed by atoms with Gasteiger partial charge in [0.15, 0.2) is 0 Å². The Balaban J connectivity index is 2.27. The van der Waals surface area contributed by atoms with Crippen molar-refractivity contribution in [1.82, 2.24) is 4.73 Å². The molecule has 1 heterocycles. The van der Waals surface area contributed by atoms with Crippen LogP contribution in [0.15, 0.2) is 54.6 Å². The van der Waals surface area contributed by atoms with Gasteiger partial charge < -0.3 is 14.7 Å². The molecule has 0 saturated carbocycles. The van der Waals surface area contributed by atoms with Gasteiger partial charge in [-0.15, -0.1) is 0 Å². The summed E-state index contributed by atoms with van der Waals surface area (Å²) in [4.78, 5) is 13.3. The summed E-state index contributed by atoms with van der Waals surface area (Å²) in [6, 6.07) is 16.5. The van der Waals surface area contributed by atoms with Crippen molar-refractivity contribution in [3.05, 3.63) is 76.1 Å². The van der Waals surface area contributed by atoms with Gasteiger partial charge in [0.1, 0.15) is 5.75 Å². The van der Waals surface area contributed by atoms with Crippen molar-refractivity contribution in [2.75, 3.05) is 6.61 Å². The fourth-order valence-corrected chi connectivity index (χ4v) is 3.16. The number of benzene rings is 2. The first-order valence-electron chi connectivity index (χ1n) is 8.75. The topological polar surface area (TPSA) is 60.2 Å². The molecule has 0 unspecified atom stereocenters. The van der Waals surface area contributed by atoms with Crippen LogP contribution in [0.25, 0.3) is 22.5 Å². The van der Waals surface area contributed by atoms with Crippen molar-refractivity contribution in [2.24, 2.45) is 0 Å². The van der Waals surface area contributed by atoms with Crippen LogP contribution in [0, 0.1) is 17.0 Å². The minimum atomic E-state index is 0.360. The first-order chi connectivity index (χ1) is 12.6. The molecule has 3 rings (SSSR count). The van der Waals surface area contributed by atoms with Crippen LogP contribution < -0.4 is 9.16 Å². The van der Waals surface area contributed by atoms with Gasteiger partial charge in [0.05, 0.1) is 33.5 Å². The maximum absolute atomic E-state index is 13.3. The molecule has 0 fully saturated rings. The van der Waals surface area contributed by atoms with E-state index in [1.165, 1.54) is 0 Å². The highest BCUT2D eigenvalue weighted by Gasteiger charge is 2.27. The Labute approximate surface area is 152 Å². The summed E-state index contributed by atoms with van der Waals surface area (Å²) < 4.78 is 7.22. The molecule has 2 aromatic carbocycles. The number of nitrogens with zero attached hydrogens (tertiary/aromatic N) is 2. The molecular weight excluding hydrogens is 328 g/mol. The molecule has 0 aliphatic rings. The van der Waals surface area contributed by atoms with Crippen LogP contribution in [0.5, 0.6) is 5.75 Å². The van der Waals surface area contributed by atoms with E-state index in [0.717, 1.165) is 20.5 Å². The third kappa shape index (κ3) is 3.08. The standard InChI is InChI=1S/C21H22N2O3/c1-4-19-21(16-9-7-6-8-10-16)23(25)20(15(3)22(19)24)17-11-13-18(14-12-17)26-5-2/h6-14H,4-5H2,1-3H3. The van der Waals surface area contributed by atoms with Gasteiger partial charge in [-0.3, -0.25) is 0 Å². The van der Waals surface area contributed by atoms with Gasteiger partial charge in [-0.05, 0) is 56.7 Å². The van der Waals surface area contributed by atoms with Crippen LogP contribution in [0.4, 0.5) is 0 Å². The molecule has 0 aliphatic heterocycles. The minimum absolute atomic E-state index is 0.360. The van der Waals surface area contributed by atoms with E-state index in [0.29, 0.717) is 41.4 Å². The lowest BCUT2D eigenvalue weighted by molar-refractivity contribution is -0.471. The largest absolute Gasteiger partial charge is 0.805 e. The van der Waals surface area contributed by atoms with Crippen LogP contribution in [-0.2, 0) is 6.42 Å². The molecule has 0 aliphatic carbocycles. The van der Waals surface area contributed by atoms with E-state index in [9.17, 15) is 10.1 Å². The fourth-order valence-electron chi connectivity index (χ4n) is 3.16. The first-order valence-corrected chi connectivity index (χ1v) is 8.75. The van der Waals surface area contributed by atoms with E-state index < -0.39 is 0 Å². The SMILES string of the molecule is CCOc1ccc(-c2c(C)n([O-])c(CC)c(-c3ccccc3)[n+]2=O)cc1. The molecule has 26 heavy (non-hydrogen) atoms. The van der Waals surface area contributed by atoms with E-state index >= 15 is 0 Å². The lowest BCUT2D eigenvalue weighted by atomic mass is 10.0. The van der Waals surface area contributed by atoms with Gasteiger partial charge in [-0.25, -0.2) is 0 Å². The Morgan fingerprint density at radius 1 is 0.962 bits per heavy atom. The van der Waals surface area contributed by atoms with Crippen molar-refractivity contribution in [3.8, 4) is 28.3 Å². The van der Waals surface area contributed by atoms with E-state index in [2.05, 4.69) is 0 Å². The second kappa shape index (κ2) is 7.44. The monoisotopic (exact) mass is 350 g/mol. The van der Waals surface area contributed by atoms with Crippen molar-refractivity contribution < 1.29 is 9.16 Å². The predicted molar refractivity (Wildman–Crippen MR) is 103 cm³/mol. The number of aromatic nitrogens is 2. The third-order valence-electron chi connectivity index (χ3n) is 4.39. The fraction of sp³-hybridized carbons (Fsp3) is 0.238. The summed E-state index contributed by atoms with van der Waals surface area (Å²) in [5.41, 5.74) is 3.04. The van der Waals surface area contributed by atoms with E-state index in [1.807, 2.05) is 68.4 Å². The number of hydrogen-bond acceptors (Lipinski definition) is 3. The minimum Gasteiger partial charge on any atom is -0.805 e. The van der Waals surface area contributed by atoms with Gasteiger partial charge >= 0.3 is 0 Å². The van der Waals surface area contributed by atoms with E-state index in [-0.39, 0.29) is 0 Å². The Morgan fingerprint density at radius 2 is 1.58 bits per heavy atom. The second-order valence-electron chi connectivity index (χ2n) is 6.00. The van der Waals surface area contributed by atoms with Crippen molar-refractivity contribution in [2.45, 2.75) is 27.2 Å². The molecule has 0 amide bonds. The first kappa shape index (κ1) is 17.7. The quantitative estimate of drug-likeness (QED) is 0.643. The Morgan fingerprint density at radius 3 is 2.15 bits per heavy atom. The van der Waals surface area contributed by atoms with Crippen LogP contribution in [0.1, 0.15) is 25.2 Å². The highest BCUT2D eigenvalue weighted by molar-refractivity contribution is 5.65. The van der Waals surface area contributed by atoms with Gasteiger partial charge in [0.2, 0.25) is 0 Å². The molecule has 0 atom stereocenters.